The summed E-state index contributed by atoms with van der Waals surface area (Å²) in [4.78, 5) is 0. The third-order valence-electron chi connectivity index (χ3n) is 2.93. The average Bonchev–Trinajstić information content (AvgIpc) is 2.39. The molecule has 122 valence electrons. The van der Waals surface area contributed by atoms with Gasteiger partial charge in [0, 0.05) is 12.0 Å². The maximum absolute atomic E-state index is 13.7. The van der Waals surface area contributed by atoms with Crippen molar-refractivity contribution in [3.05, 3.63) is 35.1 Å². The molecule has 8 heteroatoms. The van der Waals surface area contributed by atoms with Crippen molar-refractivity contribution in [1.82, 2.24) is 0 Å². The minimum atomic E-state index is -4.23. The molecule has 0 amide bonds. The molecule has 0 saturated carbocycles. The Labute approximate surface area is 124 Å². The molecule has 4 nitrogen and oxygen atoms in total. The van der Waals surface area contributed by atoms with Crippen molar-refractivity contribution >= 4 is 12.3 Å². The van der Waals surface area contributed by atoms with Gasteiger partial charge in [-0.1, -0.05) is 12.1 Å². The van der Waals surface area contributed by atoms with Crippen LogP contribution in [-0.2, 0) is 11.2 Å². The SMILES string of the molecule is N=COC(=N)CC(O)c1cc(CCCC(F)(F)F)ccc1F. The number of hydrogen-bond donors (Lipinski definition) is 3. The Kier molecular flexibility index (Phi) is 6.48. The lowest BCUT2D eigenvalue weighted by Crippen LogP contribution is -2.10. The summed E-state index contributed by atoms with van der Waals surface area (Å²) >= 11 is 0. The summed E-state index contributed by atoms with van der Waals surface area (Å²) in [5, 5.41) is 23.8. The van der Waals surface area contributed by atoms with E-state index in [0.717, 1.165) is 6.07 Å². The van der Waals surface area contributed by atoms with E-state index in [1.165, 1.54) is 12.1 Å². The molecule has 0 heterocycles. The lowest BCUT2D eigenvalue weighted by molar-refractivity contribution is -0.135. The Morgan fingerprint density at radius 3 is 2.64 bits per heavy atom. The first kappa shape index (κ1) is 18.1. The third kappa shape index (κ3) is 6.21. The van der Waals surface area contributed by atoms with E-state index in [1.54, 1.807) is 0 Å². The molecule has 0 aliphatic heterocycles. The van der Waals surface area contributed by atoms with Gasteiger partial charge in [0.1, 0.15) is 5.82 Å². The number of hydrogen-bond acceptors (Lipinski definition) is 4. The summed E-state index contributed by atoms with van der Waals surface area (Å²) < 4.78 is 54.4. The molecule has 22 heavy (non-hydrogen) atoms. The topological polar surface area (TPSA) is 77.2 Å². The molecule has 1 atom stereocenters. The van der Waals surface area contributed by atoms with Crippen LogP contribution in [0.3, 0.4) is 0 Å². The highest BCUT2D eigenvalue weighted by Crippen LogP contribution is 2.25. The van der Waals surface area contributed by atoms with Crippen LogP contribution >= 0.6 is 0 Å². The summed E-state index contributed by atoms with van der Waals surface area (Å²) in [6, 6.07) is 3.72. The van der Waals surface area contributed by atoms with Crippen molar-refractivity contribution in [3.63, 3.8) is 0 Å². The van der Waals surface area contributed by atoms with Gasteiger partial charge in [-0.25, -0.2) is 4.39 Å². The monoisotopic (exact) mass is 320 g/mol. The maximum atomic E-state index is 13.7. The van der Waals surface area contributed by atoms with Crippen LogP contribution in [0.25, 0.3) is 0 Å². The number of rotatable bonds is 7. The van der Waals surface area contributed by atoms with E-state index in [-0.39, 0.29) is 24.8 Å². The van der Waals surface area contributed by atoms with Gasteiger partial charge in [-0.2, -0.15) is 13.2 Å². The largest absolute Gasteiger partial charge is 0.433 e. The standard InChI is InChI=1S/C14H16F4N2O2/c15-11-4-3-9(2-1-5-14(16,17)18)6-10(11)12(21)7-13(20)22-8-19/h3-4,6,8,12,19-21H,1-2,5,7H2. The molecule has 0 fully saturated rings. The fourth-order valence-corrected chi connectivity index (χ4v) is 1.90. The van der Waals surface area contributed by atoms with Crippen LogP contribution in [0.4, 0.5) is 17.6 Å². The van der Waals surface area contributed by atoms with E-state index in [4.69, 9.17) is 10.8 Å². The first-order valence-corrected chi connectivity index (χ1v) is 6.49. The van der Waals surface area contributed by atoms with Crippen LogP contribution in [0, 0.1) is 16.6 Å². The summed E-state index contributed by atoms with van der Waals surface area (Å²) in [6.45, 7) is 0. The van der Waals surface area contributed by atoms with Gasteiger partial charge in [0.15, 0.2) is 12.3 Å². The summed E-state index contributed by atoms with van der Waals surface area (Å²) in [6.07, 6.45) is -6.38. The molecule has 3 N–H and O–H groups in total. The van der Waals surface area contributed by atoms with Gasteiger partial charge in [0.2, 0.25) is 0 Å². The number of benzene rings is 1. The number of nitrogens with one attached hydrogen (secondary N) is 2. The van der Waals surface area contributed by atoms with Crippen LogP contribution in [0.2, 0.25) is 0 Å². The molecule has 1 aromatic carbocycles. The molecular weight excluding hydrogens is 304 g/mol. The molecule has 1 rings (SSSR count). The molecule has 0 spiro atoms. The summed E-state index contributed by atoms with van der Waals surface area (Å²) in [5.74, 6) is -1.13. The molecule has 0 bridgehead atoms. The number of aliphatic hydroxyl groups is 1. The predicted molar refractivity (Wildman–Crippen MR) is 72.6 cm³/mol. The molecule has 0 radical (unpaired) electrons. The van der Waals surface area contributed by atoms with Gasteiger partial charge in [-0.15, -0.1) is 0 Å². The van der Waals surface area contributed by atoms with Crippen LogP contribution in [0.1, 0.15) is 36.5 Å². The highest BCUT2D eigenvalue weighted by molar-refractivity contribution is 5.80. The van der Waals surface area contributed by atoms with Crippen LogP contribution in [-0.4, -0.2) is 23.6 Å². The Balaban J connectivity index is 2.72. The number of aliphatic hydroxyl groups excluding tert-OH is 1. The van der Waals surface area contributed by atoms with E-state index in [1.807, 2.05) is 0 Å². The third-order valence-corrected chi connectivity index (χ3v) is 2.93. The number of halogens is 4. The van der Waals surface area contributed by atoms with E-state index < -0.39 is 30.4 Å². The smallest absolute Gasteiger partial charge is 0.389 e. The van der Waals surface area contributed by atoms with Crippen LogP contribution in [0.5, 0.6) is 0 Å². The van der Waals surface area contributed by atoms with Crippen molar-refractivity contribution in [2.45, 2.75) is 38.0 Å². The second-order valence-corrected chi connectivity index (χ2v) is 4.70. The fraction of sp³-hybridized carbons (Fsp3) is 0.429. The quantitative estimate of drug-likeness (QED) is 0.407. The minimum absolute atomic E-state index is 0.105. The molecule has 1 unspecified atom stereocenters. The summed E-state index contributed by atoms with van der Waals surface area (Å²) in [7, 11) is 0. The Morgan fingerprint density at radius 1 is 1.36 bits per heavy atom. The molecular formula is C14H16F4N2O2. The average molecular weight is 320 g/mol. The zero-order valence-corrected chi connectivity index (χ0v) is 11.6. The number of ether oxygens (including phenoxy) is 1. The van der Waals surface area contributed by atoms with Gasteiger partial charge >= 0.3 is 6.18 Å². The van der Waals surface area contributed by atoms with E-state index in [9.17, 15) is 22.7 Å². The first-order chi connectivity index (χ1) is 10.2. The van der Waals surface area contributed by atoms with E-state index in [2.05, 4.69) is 4.74 Å². The van der Waals surface area contributed by atoms with E-state index >= 15 is 0 Å². The van der Waals surface area contributed by atoms with Crippen LogP contribution < -0.4 is 0 Å². The molecule has 0 saturated heterocycles. The highest BCUT2D eigenvalue weighted by atomic mass is 19.4. The minimum Gasteiger partial charge on any atom is -0.433 e. The Hall–Kier alpha value is -1.96. The Morgan fingerprint density at radius 2 is 2.05 bits per heavy atom. The molecule has 1 aromatic rings. The van der Waals surface area contributed by atoms with Crippen molar-refractivity contribution in [2.75, 3.05) is 0 Å². The normalized spacial score (nSPS) is 12.8. The summed E-state index contributed by atoms with van der Waals surface area (Å²) in [5.41, 5.74) is 0.363. The van der Waals surface area contributed by atoms with Gasteiger partial charge in [0.05, 0.1) is 12.5 Å². The maximum Gasteiger partial charge on any atom is 0.389 e. The lowest BCUT2D eigenvalue weighted by Gasteiger charge is -2.13. The van der Waals surface area contributed by atoms with E-state index in [0.29, 0.717) is 12.0 Å². The predicted octanol–water partition coefficient (Wildman–Crippen LogP) is 3.74. The van der Waals surface area contributed by atoms with Crippen molar-refractivity contribution < 1.29 is 27.4 Å². The first-order valence-electron chi connectivity index (χ1n) is 6.49. The van der Waals surface area contributed by atoms with Gasteiger partial charge in [0.25, 0.3) is 0 Å². The zero-order chi connectivity index (χ0) is 16.8. The zero-order valence-electron chi connectivity index (χ0n) is 11.6. The lowest BCUT2D eigenvalue weighted by atomic mass is 10.00. The molecule has 0 aliphatic rings. The van der Waals surface area contributed by atoms with Crippen molar-refractivity contribution in [3.8, 4) is 0 Å². The van der Waals surface area contributed by atoms with Gasteiger partial charge in [-0.05, 0) is 24.5 Å². The number of alkyl halides is 3. The van der Waals surface area contributed by atoms with Gasteiger partial charge in [-0.3, -0.25) is 10.8 Å². The highest BCUT2D eigenvalue weighted by Gasteiger charge is 2.26. The van der Waals surface area contributed by atoms with Crippen molar-refractivity contribution in [1.29, 1.82) is 10.8 Å². The Bertz CT molecular complexity index is 532. The second kappa shape index (κ2) is 7.88. The van der Waals surface area contributed by atoms with Gasteiger partial charge < -0.3 is 9.84 Å². The fourth-order valence-electron chi connectivity index (χ4n) is 1.90. The van der Waals surface area contributed by atoms with Crippen molar-refractivity contribution in [2.24, 2.45) is 0 Å². The number of aryl methyl sites for hydroxylation is 1. The second-order valence-electron chi connectivity index (χ2n) is 4.70. The molecule has 0 aromatic heterocycles. The molecule has 0 aliphatic carbocycles. The van der Waals surface area contributed by atoms with Crippen LogP contribution in [0.15, 0.2) is 18.2 Å².